The topological polar surface area (TPSA) is 57.0 Å². The number of nitrogens with zero attached hydrogens (tertiary/aromatic N) is 3. The summed E-state index contributed by atoms with van der Waals surface area (Å²) in [4.78, 5) is 12.3. The summed E-state index contributed by atoms with van der Waals surface area (Å²) in [5.74, 6) is 1.38. The predicted octanol–water partition coefficient (Wildman–Crippen LogP) is 4.00. The Bertz CT molecular complexity index is 1090. The largest absolute Gasteiger partial charge is 0.457 e. The highest BCUT2D eigenvalue weighted by atomic mass is 32.1. The van der Waals surface area contributed by atoms with Crippen molar-refractivity contribution >= 4 is 22.2 Å². The van der Waals surface area contributed by atoms with Crippen molar-refractivity contribution in [2.24, 2.45) is 0 Å². The summed E-state index contributed by atoms with van der Waals surface area (Å²) >= 11 is 1.55. The number of para-hydroxylation sites is 1. The van der Waals surface area contributed by atoms with E-state index in [0.717, 1.165) is 21.3 Å². The number of hydrogen-bond acceptors (Lipinski definition) is 5. The van der Waals surface area contributed by atoms with E-state index < -0.39 is 0 Å². The summed E-state index contributed by atoms with van der Waals surface area (Å²) in [6.45, 7) is 2.51. The van der Waals surface area contributed by atoms with E-state index in [4.69, 9.17) is 4.74 Å². The molecule has 124 valence electrons. The number of aromatic nitrogens is 3. The van der Waals surface area contributed by atoms with Crippen LogP contribution in [0.4, 0.5) is 0 Å². The van der Waals surface area contributed by atoms with Crippen LogP contribution in [-0.2, 0) is 6.54 Å². The first-order valence-corrected chi connectivity index (χ1v) is 8.66. The lowest BCUT2D eigenvalue weighted by molar-refractivity contribution is 0.483. The van der Waals surface area contributed by atoms with E-state index >= 15 is 0 Å². The van der Waals surface area contributed by atoms with Gasteiger partial charge in [-0.2, -0.15) is 0 Å². The van der Waals surface area contributed by atoms with Gasteiger partial charge in [0.2, 0.25) is 0 Å². The van der Waals surface area contributed by atoms with E-state index in [1.807, 2.05) is 54.0 Å². The zero-order valence-electron chi connectivity index (χ0n) is 13.5. The standard InChI is InChI=1S/C19H15N3O2S/c1-13-20-21-19(25-13)12-22-10-9-18(23)16-11-15(7-8-17(16)22)24-14-5-3-2-4-6-14/h2-11H,12H2,1H3. The fraction of sp³-hybridized carbons (Fsp3) is 0.105. The molecule has 2 aromatic heterocycles. The van der Waals surface area contributed by atoms with Gasteiger partial charge in [0.15, 0.2) is 5.43 Å². The highest BCUT2D eigenvalue weighted by Crippen LogP contribution is 2.24. The quantitative estimate of drug-likeness (QED) is 0.559. The van der Waals surface area contributed by atoms with Gasteiger partial charge in [-0.1, -0.05) is 29.5 Å². The third-order valence-corrected chi connectivity index (χ3v) is 4.62. The fourth-order valence-electron chi connectivity index (χ4n) is 2.66. The normalized spacial score (nSPS) is 10.9. The van der Waals surface area contributed by atoms with Crippen molar-refractivity contribution in [3.63, 3.8) is 0 Å². The van der Waals surface area contributed by atoms with E-state index in [2.05, 4.69) is 10.2 Å². The number of rotatable bonds is 4. The summed E-state index contributed by atoms with van der Waals surface area (Å²) in [5, 5.41) is 10.7. The summed E-state index contributed by atoms with van der Waals surface area (Å²) in [6.07, 6.45) is 1.79. The van der Waals surface area contributed by atoms with Gasteiger partial charge in [-0.05, 0) is 37.3 Å². The Hall–Kier alpha value is -2.99. The number of pyridine rings is 1. The van der Waals surface area contributed by atoms with Crippen LogP contribution >= 0.6 is 11.3 Å². The fourth-order valence-corrected chi connectivity index (χ4v) is 3.37. The maximum Gasteiger partial charge on any atom is 0.189 e. The summed E-state index contributed by atoms with van der Waals surface area (Å²) in [5.41, 5.74) is 0.818. The van der Waals surface area contributed by atoms with Crippen molar-refractivity contribution in [3.8, 4) is 11.5 Å². The molecule has 0 saturated carbocycles. The summed E-state index contributed by atoms with van der Waals surface area (Å²) in [7, 11) is 0. The van der Waals surface area contributed by atoms with E-state index in [0.29, 0.717) is 17.7 Å². The first-order valence-electron chi connectivity index (χ1n) is 7.84. The molecule has 0 atom stereocenters. The molecule has 5 nitrogen and oxygen atoms in total. The smallest absolute Gasteiger partial charge is 0.189 e. The second-order valence-electron chi connectivity index (χ2n) is 5.62. The number of aryl methyl sites for hydroxylation is 1. The molecule has 2 heterocycles. The van der Waals surface area contributed by atoms with Crippen LogP contribution in [0.25, 0.3) is 10.9 Å². The first-order chi connectivity index (χ1) is 12.2. The van der Waals surface area contributed by atoms with Crippen molar-refractivity contribution in [2.75, 3.05) is 0 Å². The van der Waals surface area contributed by atoms with Crippen molar-refractivity contribution in [1.82, 2.24) is 14.8 Å². The molecule has 25 heavy (non-hydrogen) atoms. The van der Waals surface area contributed by atoms with Crippen LogP contribution in [-0.4, -0.2) is 14.8 Å². The molecular weight excluding hydrogens is 334 g/mol. The Morgan fingerprint density at radius 1 is 1.04 bits per heavy atom. The van der Waals surface area contributed by atoms with Gasteiger partial charge >= 0.3 is 0 Å². The Labute approximate surface area is 148 Å². The Kier molecular flexibility index (Phi) is 4.03. The van der Waals surface area contributed by atoms with Gasteiger partial charge < -0.3 is 9.30 Å². The summed E-state index contributed by atoms with van der Waals surface area (Å²) in [6, 6.07) is 16.6. The lowest BCUT2D eigenvalue weighted by atomic mass is 10.2. The molecule has 0 bridgehead atoms. The van der Waals surface area contributed by atoms with Crippen LogP contribution < -0.4 is 10.2 Å². The number of ether oxygens (including phenoxy) is 1. The van der Waals surface area contributed by atoms with E-state index in [1.54, 1.807) is 29.7 Å². The van der Waals surface area contributed by atoms with Crippen LogP contribution in [0.15, 0.2) is 65.6 Å². The highest BCUT2D eigenvalue weighted by molar-refractivity contribution is 7.11. The number of hydrogen-bond donors (Lipinski definition) is 0. The molecule has 0 saturated heterocycles. The molecule has 0 aliphatic carbocycles. The monoisotopic (exact) mass is 349 g/mol. The van der Waals surface area contributed by atoms with Gasteiger partial charge in [0.05, 0.1) is 12.1 Å². The van der Waals surface area contributed by atoms with E-state index in [-0.39, 0.29) is 5.43 Å². The van der Waals surface area contributed by atoms with Gasteiger partial charge in [-0.25, -0.2) is 0 Å². The minimum atomic E-state index is -0.0294. The Morgan fingerprint density at radius 2 is 1.88 bits per heavy atom. The Morgan fingerprint density at radius 3 is 2.64 bits per heavy atom. The summed E-state index contributed by atoms with van der Waals surface area (Å²) < 4.78 is 7.84. The van der Waals surface area contributed by atoms with Crippen LogP contribution in [0.3, 0.4) is 0 Å². The number of benzene rings is 2. The van der Waals surface area contributed by atoms with Crippen LogP contribution in [0, 0.1) is 6.92 Å². The van der Waals surface area contributed by atoms with Crippen LogP contribution in [0.1, 0.15) is 10.0 Å². The average Bonchev–Trinajstić information content (AvgIpc) is 3.03. The Balaban J connectivity index is 1.72. The van der Waals surface area contributed by atoms with Gasteiger partial charge in [-0.3, -0.25) is 4.79 Å². The van der Waals surface area contributed by atoms with Gasteiger partial charge in [0, 0.05) is 17.6 Å². The van der Waals surface area contributed by atoms with Crippen LogP contribution in [0.5, 0.6) is 11.5 Å². The molecule has 0 amide bonds. The molecule has 4 rings (SSSR count). The van der Waals surface area contributed by atoms with Crippen LogP contribution in [0.2, 0.25) is 0 Å². The minimum Gasteiger partial charge on any atom is -0.457 e. The van der Waals surface area contributed by atoms with E-state index in [1.165, 1.54) is 0 Å². The maximum atomic E-state index is 12.3. The van der Waals surface area contributed by atoms with Gasteiger partial charge in [0.1, 0.15) is 21.5 Å². The molecule has 0 spiro atoms. The lowest BCUT2D eigenvalue weighted by Gasteiger charge is -2.11. The zero-order chi connectivity index (χ0) is 17.2. The van der Waals surface area contributed by atoms with Crippen molar-refractivity contribution in [3.05, 3.63) is 81.0 Å². The molecule has 0 aliphatic heterocycles. The number of fused-ring (bicyclic) bond motifs is 1. The lowest BCUT2D eigenvalue weighted by Crippen LogP contribution is -2.09. The highest BCUT2D eigenvalue weighted by Gasteiger charge is 2.08. The van der Waals surface area contributed by atoms with Crippen molar-refractivity contribution < 1.29 is 4.74 Å². The second-order valence-corrected chi connectivity index (χ2v) is 6.88. The molecule has 0 aliphatic rings. The average molecular weight is 349 g/mol. The molecule has 0 radical (unpaired) electrons. The molecule has 0 fully saturated rings. The molecule has 4 aromatic rings. The van der Waals surface area contributed by atoms with Crippen molar-refractivity contribution in [2.45, 2.75) is 13.5 Å². The SMILES string of the molecule is Cc1nnc(Cn2ccc(=O)c3cc(Oc4ccccc4)ccc32)s1. The first kappa shape index (κ1) is 15.5. The molecule has 6 heteroatoms. The minimum absolute atomic E-state index is 0.0294. The molecular formula is C19H15N3O2S. The second kappa shape index (κ2) is 6.49. The predicted molar refractivity (Wildman–Crippen MR) is 98.5 cm³/mol. The van der Waals surface area contributed by atoms with Gasteiger partial charge in [0.25, 0.3) is 0 Å². The van der Waals surface area contributed by atoms with E-state index in [9.17, 15) is 4.79 Å². The van der Waals surface area contributed by atoms with Gasteiger partial charge in [-0.15, -0.1) is 10.2 Å². The molecule has 0 N–H and O–H groups in total. The molecule has 2 aromatic carbocycles. The zero-order valence-corrected chi connectivity index (χ0v) is 14.4. The third-order valence-electron chi connectivity index (χ3n) is 3.80. The maximum absolute atomic E-state index is 12.3. The third kappa shape index (κ3) is 3.29. The van der Waals surface area contributed by atoms with Crippen molar-refractivity contribution in [1.29, 1.82) is 0 Å². The molecule has 0 unspecified atom stereocenters.